The first-order valence-corrected chi connectivity index (χ1v) is 5.46. The van der Waals surface area contributed by atoms with Crippen molar-refractivity contribution in [3.63, 3.8) is 0 Å². The Kier molecular flexibility index (Phi) is 3.73. The topological polar surface area (TPSA) is 46.6 Å². The molecule has 0 aromatic carbocycles. The molecule has 0 aliphatic carbocycles. The number of nitrogens with zero attached hydrogens (tertiary/aromatic N) is 1. The molecule has 1 aliphatic heterocycles. The first kappa shape index (κ1) is 12.7. The molecule has 1 atom stereocenters. The standard InChI is InChI=1S/C12H19NO3/c1-5-9-6-7-13(8-10(9)14)11(15)16-12(2,3)4/h5,9H,1,6-8H2,2-4H3. The number of allylic oxidation sites excluding steroid dienone is 1. The smallest absolute Gasteiger partial charge is 0.410 e. The summed E-state index contributed by atoms with van der Waals surface area (Å²) in [7, 11) is 0. The van der Waals surface area contributed by atoms with Gasteiger partial charge in [-0.1, -0.05) is 6.08 Å². The van der Waals surface area contributed by atoms with Gasteiger partial charge in [0.2, 0.25) is 0 Å². The van der Waals surface area contributed by atoms with Crippen LogP contribution in [0.5, 0.6) is 0 Å². The van der Waals surface area contributed by atoms with Gasteiger partial charge in [-0.25, -0.2) is 4.79 Å². The summed E-state index contributed by atoms with van der Waals surface area (Å²) in [5.41, 5.74) is -0.518. The van der Waals surface area contributed by atoms with Gasteiger partial charge in [0.25, 0.3) is 0 Å². The molecule has 1 heterocycles. The van der Waals surface area contributed by atoms with Gasteiger partial charge in [-0.05, 0) is 27.2 Å². The van der Waals surface area contributed by atoms with E-state index in [0.29, 0.717) is 13.0 Å². The highest BCUT2D eigenvalue weighted by Gasteiger charge is 2.30. The van der Waals surface area contributed by atoms with E-state index in [0.717, 1.165) is 0 Å². The molecule has 1 fully saturated rings. The summed E-state index contributed by atoms with van der Waals surface area (Å²) in [6.45, 7) is 9.72. The van der Waals surface area contributed by atoms with Crippen LogP contribution >= 0.6 is 0 Å². The molecule has 0 N–H and O–H groups in total. The highest BCUT2D eigenvalue weighted by atomic mass is 16.6. The molecule has 0 aromatic heterocycles. The minimum absolute atomic E-state index is 0.0344. The molecule has 0 aromatic rings. The second-order valence-electron chi connectivity index (χ2n) is 5.00. The van der Waals surface area contributed by atoms with Crippen molar-refractivity contribution in [1.82, 2.24) is 4.90 Å². The molecule has 1 aliphatic rings. The first-order chi connectivity index (χ1) is 7.33. The lowest BCUT2D eigenvalue weighted by Crippen LogP contribution is -2.45. The van der Waals surface area contributed by atoms with Crippen LogP contribution in [-0.4, -0.2) is 35.5 Å². The molecule has 0 saturated carbocycles. The maximum atomic E-state index is 11.7. The Balaban J connectivity index is 2.55. The number of carbonyl (C=O) groups excluding carboxylic acids is 2. The molecule has 4 heteroatoms. The molecular formula is C12H19NO3. The molecule has 1 rings (SSSR count). The zero-order valence-electron chi connectivity index (χ0n) is 10.2. The Hall–Kier alpha value is -1.32. The van der Waals surface area contributed by atoms with Crippen molar-refractivity contribution >= 4 is 11.9 Å². The monoisotopic (exact) mass is 225 g/mol. The number of rotatable bonds is 1. The predicted octanol–water partition coefficient (Wildman–Crippen LogP) is 2.00. The zero-order valence-corrected chi connectivity index (χ0v) is 10.2. The lowest BCUT2D eigenvalue weighted by atomic mass is 9.96. The highest BCUT2D eigenvalue weighted by Crippen LogP contribution is 2.17. The quantitative estimate of drug-likeness (QED) is 0.641. The van der Waals surface area contributed by atoms with Crippen LogP contribution in [0, 0.1) is 5.92 Å². The normalized spacial score (nSPS) is 21.8. The van der Waals surface area contributed by atoms with Crippen LogP contribution in [0.4, 0.5) is 4.79 Å². The number of hydrogen-bond acceptors (Lipinski definition) is 3. The van der Waals surface area contributed by atoms with Crippen LogP contribution in [0.25, 0.3) is 0 Å². The van der Waals surface area contributed by atoms with E-state index >= 15 is 0 Å². The number of ether oxygens (including phenoxy) is 1. The lowest BCUT2D eigenvalue weighted by molar-refractivity contribution is -0.125. The summed E-state index contributed by atoms with van der Waals surface area (Å²) in [6.07, 6.45) is 1.87. The average Bonchev–Trinajstić information content (AvgIpc) is 2.15. The number of ketones is 1. The summed E-state index contributed by atoms with van der Waals surface area (Å²) < 4.78 is 5.20. The summed E-state index contributed by atoms with van der Waals surface area (Å²) in [4.78, 5) is 24.7. The van der Waals surface area contributed by atoms with Crippen molar-refractivity contribution in [1.29, 1.82) is 0 Å². The largest absolute Gasteiger partial charge is 0.444 e. The number of Topliss-reactive ketones (excluding diaryl/α,β-unsaturated/α-hetero) is 1. The molecule has 0 spiro atoms. The maximum absolute atomic E-state index is 11.7. The molecule has 1 amide bonds. The Labute approximate surface area is 96.3 Å². The van der Waals surface area contributed by atoms with Gasteiger partial charge >= 0.3 is 6.09 Å². The van der Waals surface area contributed by atoms with E-state index in [1.54, 1.807) is 6.08 Å². The number of amides is 1. The van der Waals surface area contributed by atoms with Crippen LogP contribution in [0.15, 0.2) is 12.7 Å². The van der Waals surface area contributed by atoms with Crippen molar-refractivity contribution in [2.45, 2.75) is 32.8 Å². The summed E-state index contributed by atoms with van der Waals surface area (Å²) in [5.74, 6) is -0.0780. The third-order valence-electron chi connectivity index (χ3n) is 2.41. The van der Waals surface area contributed by atoms with Crippen LogP contribution in [0.3, 0.4) is 0 Å². The first-order valence-electron chi connectivity index (χ1n) is 5.46. The minimum Gasteiger partial charge on any atom is -0.444 e. The van der Waals surface area contributed by atoms with Crippen LogP contribution in [0.1, 0.15) is 27.2 Å². The SMILES string of the molecule is C=CC1CCN(C(=O)OC(C)(C)C)CC1=O. The highest BCUT2D eigenvalue weighted by molar-refractivity contribution is 5.88. The lowest BCUT2D eigenvalue weighted by Gasteiger charge is -2.31. The zero-order chi connectivity index (χ0) is 12.3. The fraction of sp³-hybridized carbons (Fsp3) is 0.667. The summed E-state index contributed by atoms with van der Waals surface area (Å²) in [6, 6.07) is 0. The predicted molar refractivity (Wildman–Crippen MR) is 61.1 cm³/mol. The molecule has 90 valence electrons. The fourth-order valence-corrected chi connectivity index (χ4v) is 1.57. The third-order valence-corrected chi connectivity index (χ3v) is 2.41. The molecule has 0 radical (unpaired) electrons. The van der Waals surface area contributed by atoms with E-state index in [9.17, 15) is 9.59 Å². The van der Waals surface area contributed by atoms with Gasteiger partial charge in [0, 0.05) is 12.5 Å². The van der Waals surface area contributed by atoms with Gasteiger partial charge in [0.1, 0.15) is 5.60 Å². The molecule has 0 bridgehead atoms. The Bertz CT molecular complexity index is 304. The summed E-state index contributed by atoms with van der Waals surface area (Å²) >= 11 is 0. The molecular weight excluding hydrogens is 206 g/mol. The van der Waals surface area contributed by atoms with Gasteiger partial charge < -0.3 is 9.64 Å². The number of hydrogen-bond donors (Lipinski definition) is 0. The van der Waals surface area contributed by atoms with Gasteiger partial charge in [0.05, 0.1) is 6.54 Å². The summed E-state index contributed by atoms with van der Waals surface area (Å²) in [5, 5.41) is 0. The molecule has 1 saturated heterocycles. The van der Waals surface area contributed by atoms with Gasteiger partial charge in [-0.2, -0.15) is 0 Å². The van der Waals surface area contributed by atoms with Crippen molar-refractivity contribution in [3.8, 4) is 0 Å². The Morgan fingerprint density at radius 1 is 1.56 bits per heavy atom. The van der Waals surface area contributed by atoms with Crippen molar-refractivity contribution in [2.75, 3.05) is 13.1 Å². The molecule has 1 unspecified atom stereocenters. The molecule has 4 nitrogen and oxygen atoms in total. The number of carbonyl (C=O) groups is 2. The molecule has 16 heavy (non-hydrogen) atoms. The third kappa shape index (κ3) is 3.36. The van der Waals surface area contributed by atoms with E-state index in [2.05, 4.69) is 6.58 Å². The van der Waals surface area contributed by atoms with Crippen molar-refractivity contribution in [3.05, 3.63) is 12.7 Å². The van der Waals surface area contributed by atoms with Crippen LogP contribution < -0.4 is 0 Å². The van der Waals surface area contributed by atoms with E-state index in [1.165, 1.54) is 4.90 Å². The van der Waals surface area contributed by atoms with Gasteiger partial charge in [0.15, 0.2) is 5.78 Å². The van der Waals surface area contributed by atoms with E-state index in [1.807, 2.05) is 20.8 Å². The minimum atomic E-state index is -0.518. The number of likely N-dealkylation sites (tertiary alicyclic amines) is 1. The van der Waals surface area contributed by atoms with E-state index in [4.69, 9.17) is 4.74 Å². The van der Waals surface area contributed by atoms with Crippen molar-refractivity contribution in [2.24, 2.45) is 5.92 Å². The average molecular weight is 225 g/mol. The Morgan fingerprint density at radius 3 is 2.62 bits per heavy atom. The fourth-order valence-electron chi connectivity index (χ4n) is 1.57. The number of piperidine rings is 1. The van der Waals surface area contributed by atoms with E-state index < -0.39 is 11.7 Å². The van der Waals surface area contributed by atoms with Crippen LogP contribution in [-0.2, 0) is 9.53 Å². The maximum Gasteiger partial charge on any atom is 0.410 e. The second kappa shape index (κ2) is 4.68. The van der Waals surface area contributed by atoms with Gasteiger partial charge in [-0.3, -0.25) is 4.79 Å². The van der Waals surface area contributed by atoms with Gasteiger partial charge in [-0.15, -0.1) is 6.58 Å². The van der Waals surface area contributed by atoms with E-state index in [-0.39, 0.29) is 18.2 Å². The van der Waals surface area contributed by atoms with Crippen molar-refractivity contribution < 1.29 is 14.3 Å². The second-order valence-corrected chi connectivity index (χ2v) is 5.00. The Morgan fingerprint density at radius 2 is 2.19 bits per heavy atom. The van der Waals surface area contributed by atoms with Crippen LogP contribution in [0.2, 0.25) is 0 Å².